The van der Waals surface area contributed by atoms with Crippen molar-refractivity contribution in [1.82, 2.24) is 0 Å². The van der Waals surface area contributed by atoms with E-state index in [2.05, 4.69) is 33.8 Å². The Labute approximate surface area is 94.1 Å². The zero-order valence-electron chi connectivity index (χ0n) is 10.6. The summed E-state index contributed by atoms with van der Waals surface area (Å²) < 4.78 is 0. The van der Waals surface area contributed by atoms with Gasteiger partial charge in [-0.1, -0.05) is 32.4 Å². The zero-order chi connectivity index (χ0) is 10.8. The third-order valence-electron chi connectivity index (χ3n) is 6.40. The second-order valence-corrected chi connectivity index (χ2v) is 6.73. The van der Waals surface area contributed by atoms with Crippen molar-refractivity contribution in [3.05, 3.63) is 11.6 Å². The van der Waals surface area contributed by atoms with Gasteiger partial charge in [-0.2, -0.15) is 0 Å². The van der Waals surface area contributed by atoms with Gasteiger partial charge in [-0.15, -0.1) is 0 Å². The molecule has 3 aliphatic carbocycles. The van der Waals surface area contributed by atoms with Crippen LogP contribution in [0.25, 0.3) is 0 Å². The molecule has 0 bridgehead atoms. The summed E-state index contributed by atoms with van der Waals surface area (Å²) in [7, 11) is 0. The molecular weight excluding hydrogens is 180 g/mol. The molecule has 0 aromatic carbocycles. The van der Waals surface area contributed by atoms with Crippen molar-refractivity contribution >= 4 is 0 Å². The summed E-state index contributed by atoms with van der Waals surface area (Å²) in [5, 5.41) is 0. The maximum absolute atomic E-state index is 2.63. The van der Waals surface area contributed by atoms with Gasteiger partial charge in [-0.05, 0) is 61.2 Å². The summed E-state index contributed by atoms with van der Waals surface area (Å²) in [6, 6.07) is 0. The van der Waals surface area contributed by atoms with E-state index in [9.17, 15) is 0 Å². The van der Waals surface area contributed by atoms with Gasteiger partial charge in [0.05, 0.1) is 0 Å². The molecule has 0 aromatic heterocycles. The average molecular weight is 204 g/mol. The lowest BCUT2D eigenvalue weighted by Gasteiger charge is -2.42. The van der Waals surface area contributed by atoms with Gasteiger partial charge in [0.1, 0.15) is 0 Å². The Kier molecular flexibility index (Phi) is 1.79. The average Bonchev–Trinajstić information content (AvgIpc) is 2.70. The normalized spacial score (nSPS) is 57.9. The van der Waals surface area contributed by atoms with Gasteiger partial charge in [0.2, 0.25) is 0 Å². The molecule has 15 heavy (non-hydrogen) atoms. The molecule has 1 spiro atoms. The van der Waals surface area contributed by atoms with Gasteiger partial charge < -0.3 is 0 Å². The molecule has 0 radical (unpaired) electrons. The predicted octanol–water partition coefficient (Wildman–Crippen LogP) is 4.42. The highest BCUT2D eigenvalue weighted by Crippen LogP contribution is 2.73. The first-order valence-electron chi connectivity index (χ1n) is 6.71. The molecule has 0 nitrogen and oxygen atoms in total. The van der Waals surface area contributed by atoms with Crippen molar-refractivity contribution in [2.75, 3.05) is 0 Å². The van der Waals surface area contributed by atoms with Crippen LogP contribution in [-0.4, -0.2) is 0 Å². The fraction of sp³-hybridized carbons (Fsp3) is 0.867. The molecule has 0 heteroatoms. The van der Waals surface area contributed by atoms with Crippen LogP contribution in [0.15, 0.2) is 11.6 Å². The zero-order valence-corrected chi connectivity index (χ0v) is 10.6. The fourth-order valence-corrected chi connectivity index (χ4v) is 5.57. The molecule has 3 rings (SSSR count). The van der Waals surface area contributed by atoms with Crippen LogP contribution < -0.4 is 0 Å². The standard InChI is InChI=1S/C15H24/c1-10-5-8-15-12(3)11(2)9-14(15,4)7-6-13(10)15/h9-10,12-13H,5-8H2,1-4H3. The Morgan fingerprint density at radius 3 is 2.67 bits per heavy atom. The highest BCUT2D eigenvalue weighted by Gasteiger charge is 2.65. The molecule has 0 N–H and O–H groups in total. The summed E-state index contributed by atoms with van der Waals surface area (Å²) >= 11 is 0. The van der Waals surface area contributed by atoms with E-state index in [0.29, 0.717) is 10.8 Å². The molecule has 0 aliphatic heterocycles. The van der Waals surface area contributed by atoms with Crippen LogP contribution in [0.4, 0.5) is 0 Å². The monoisotopic (exact) mass is 204 g/mol. The molecule has 0 saturated heterocycles. The van der Waals surface area contributed by atoms with E-state index in [0.717, 1.165) is 17.8 Å². The molecule has 0 aromatic rings. The maximum atomic E-state index is 2.63. The van der Waals surface area contributed by atoms with Crippen molar-refractivity contribution in [1.29, 1.82) is 0 Å². The Morgan fingerprint density at radius 2 is 1.93 bits per heavy atom. The molecule has 5 atom stereocenters. The Bertz CT molecular complexity index is 327. The van der Waals surface area contributed by atoms with Crippen molar-refractivity contribution < 1.29 is 0 Å². The highest BCUT2D eigenvalue weighted by molar-refractivity contribution is 5.31. The Balaban J connectivity index is 2.11. The lowest BCUT2D eigenvalue weighted by atomic mass is 9.61. The molecule has 3 aliphatic rings. The molecule has 0 heterocycles. The molecule has 84 valence electrons. The lowest BCUT2D eigenvalue weighted by Crippen LogP contribution is -2.37. The number of hydrogen-bond donors (Lipinski definition) is 0. The van der Waals surface area contributed by atoms with Crippen molar-refractivity contribution in [3.63, 3.8) is 0 Å². The number of hydrogen-bond acceptors (Lipinski definition) is 0. The third-order valence-corrected chi connectivity index (χ3v) is 6.40. The minimum Gasteiger partial charge on any atom is -0.0788 e. The SMILES string of the molecule is CC1=CC2(C)CCC3C(C)CCC32C1C. The summed E-state index contributed by atoms with van der Waals surface area (Å²) in [6.07, 6.45) is 8.54. The van der Waals surface area contributed by atoms with Gasteiger partial charge in [0.15, 0.2) is 0 Å². The summed E-state index contributed by atoms with van der Waals surface area (Å²) in [5.41, 5.74) is 2.89. The quantitative estimate of drug-likeness (QED) is 0.513. The van der Waals surface area contributed by atoms with Gasteiger partial charge in [0, 0.05) is 0 Å². The third kappa shape index (κ3) is 0.905. The first kappa shape index (κ1) is 9.93. The van der Waals surface area contributed by atoms with Crippen molar-refractivity contribution in [3.8, 4) is 0 Å². The fourth-order valence-electron chi connectivity index (χ4n) is 5.57. The van der Waals surface area contributed by atoms with Crippen LogP contribution >= 0.6 is 0 Å². The van der Waals surface area contributed by atoms with Crippen LogP contribution in [0, 0.1) is 28.6 Å². The van der Waals surface area contributed by atoms with Crippen LogP contribution in [0.2, 0.25) is 0 Å². The molecular formula is C15H24. The highest BCUT2D eigenvalue weighted by atomic mass is 14.7. The van der Waals surface area contributed by atoms with E-state index >= 15 is 0 Å². The Morgan fingerprint density at radius 1 is 1.20 bits per heavy atom. The lowest BCUT2D eigenvalue weighted by molar-refractivity contribution is 0.0733. The van der Waals surface area contributed by atoms with Crippen molar-refractivity contribution in [2.45, 2.75) is 53.4 Å². The van der Waals surface area contributed by atoms with Crippen LogP contribution in [-0.2, 0) is 0 Å². The number of rotatable bonds is 0. The predicted molar refractivity (Wildman–Crippen MR) is 64.6 cm³/mol. The largest absolute Gasteiger partial charge is 0.0788 e. The van der Waals surface area contributed by atoms with Gasteiger partial charge in [0.25, 0.3) is 0 Å². The molecule has 5 unspecified atom stereocenters. The van der Waals surface area contributed by atoms with Gasteiger partial charge in [-0.25, -0.2) is 0 Å². The summed E-state index contributed by atoms with van der Waals surface area (Å²) in [6.45, 7) is 9.89. The maximum Gasteiger partial charge on any atom is -0.00790 e. The van der Waals surface area contributed by atoms with Gasteiger partial charge >= 0.3 is 0 Å². The van der Waals surface area contributed by atoms with E-state index in [1.165, 1.54) is 25.7 Å². The minimum absolute atomic E-state index is 0.548. The topological polar surface area (TPSA) is 0 Å². The first-order valence-corrected chi connectivity index (χ1v) is 6.71. The molecule has 2 fully saturated rings. The van der Waals surface area contributed by atoms with E-state index in [4.69, 9.17) is 0 Å². The second kappa shape index (κ2) is 2.70. The molecule has 2 saturated carbocycles. The van der Waals surface area contributed by atoms with E-state index in [1.54, 1.807) is 5.57 Å². The Hall–Kier alpha value is -0.260. The van der Waals surface area contributed by atoms with E-state index in [-0.39, 0.29) is 0 Å². The smallest absolute Gasteiger partial charge is 0.00790 e. The van der Waals surface area contributed by atoms with Crippen molar-refractivity contribution in [2.24, 2.45) is 28.6 Å². The van der Waals surface area contributed by atoms with Crippen LogP contribution in [0.1, 0.15) is 53.4 Å². The number of allylic oxidation sites excluding steroid dienone is 2. The second-order valence-electron chi connectivity index (χ2n) is 6.73. The van der Waals surface area contributed by atoms with Crippen LogP contribution in [0.5, 0.6) is 0 Å². The van der Waals surface area contributed by atoms with Gasteiger partial charge in [-0.3, -0.25) is 0 Å². The summed E-state index contributed by atoms with van der Waals surface area (Å²) in [4.78, 5) is 0. The van der Waals surface area contributed by atoms with E-state index < -0.39 is 0 Å². The molecule has 0 amide bonds. The first-order chi connectivity index (χ1) is 7.01. The van der Waals surface area contributed by atoms with Crippen LogP contribution in [0.3, 0.4) is 0 Å². The van der Waals surface area contributed by atoms with E-state index in [1.807, 2.05) is 0 Å². The minimum atomic E-state index is 0.548. The summed E-state index contributed by atoms with van der Waals surface area (Å²) in [5.74, 6) is 2.85.